The summed E-state index contributed by atoms with van der Waals surface area (Å²) in [7, 11) is 2.91. The Morgan fingerprint density at radius 1 is 1.16 bits per heavy atom. The SMILES string of the molecule is CCCCOc1ccc2nc3c(OC)c(OC)c(=O)c(C)c-3oc2c1. The van der Waals surface area contributed by atoms with Crippen molar-refractivity contribution in [2.45, 2.75) is 26.7 Å². The van der Waals surface area contributed by atoms with E-state index in [4.69, 9.17) is 18.6 Å². The van der Waals surface area contributed by atoms with Gasteiger partial charge in [0, 0.05) is 11.6 Å². The molecule has 1 aliphatic carbocycles. The quantitative estimate of drug-likeness (QED) is 0.501. The Bertz CT molecular complexity index is 931. The van der Waals surface area contributed by atoms with E-state index in [-0.39, 0.29) is 16.9 Å². The Hall–Kier alpha value is -2.76. The number of fused-ring (bicyclic) bond motifs is 2. The number of unbranched alkanes of at least 4 members (excludes halogenated alkanes) is 1. The lowest BCUT2D eigenvalue weighted by Crippen LogP contribution is -2.14. The number of methoxy groups -OCH3 is 2. The molecule has 0 radical (unpaired) electrons. The highest BCUT2D eigenvalue weighted by Gasteiger charge is 2.26. The van der Waals surface area contributed by atoms with Crippen molar-refractivity contribution < 1.29 is 18.6 Å². The molecule has 1 aromatic rings. The number of hydrogen-bond acceptors (Lipinski definition) is 6. The molecule has 1 heterocycles. The Morgan fingerprint density at radius 2 is 1.92 bits per heavy atom. The molecule has 0 N–H and O–H groups in total. The van der Waals surface area contributed by atoms with Crippen LogP contribution in [-0.4, -0.2) is 25.8 Å². The number of hydrogen-bond donors (Lipinski definition) is 0. The number of benzene rings is 2. The maximum absolute atomic E-state index is 12.5. The third kappa shape index (κ3) is 2.99. The van der Waals surface area contributed by atoms with Gasteiger partial charge in [0.05, 0.1) is 20.8 Å². The van der Waals surface area contributed by atoms with Crippen LogP contribution in [0, 0.1) is 6.92 Å². The molecule has 0 unspecified atom stereocenters. The molecule has 0 saturated heterocycles. The first-order valence-corrected chi connectivity index (χ1v) is 8.22. The van der Waals surface area contributed by atoms with Gasteiger partial charge < -0.3 is 18.6 Å². The second-order valence-corrected chi connectivity index (χ2v) is 5.74. The fraction of sp³-hybridized carbons (Fsp3) is 0.368. The molecule has 0 amide bonds. The van der Waals surface area contributed by atoms with Gasteiger partial charge in [0.15, 0.2) is 22.8 Å². The van der Waals surface area contributed by atoms with Gasteiger partial charge in [0.2, 0.25) is 11.2 Å². The van der Waals surface area contributed by atoms with Crippen molar-refractivity contribution in [1.82, 2.24) is 4.98 Å². The van der Waals surface area contributed by atoms with Gasteiger partial charge in [0.1, 0.15) is 11.3 Å². The van der Waals surface area contributed by atoms with Crippen LogP contribution in [0.25, 0.3) is 22.6 Å². The van der Waals surface area contributed by atoms with Crippen LogP contribution in [0.5, 0.6) is 17.2 Å². The lowest BCUT2D eigenvalue weighted by atomic mass is 10.1. The van der Waals surface area contributed by atoms with E-state index in [9.17, 15) is 4.79 Å². The average Bonchev–Trinajstić information content (AvgIpc) is 2.63. The fourth-order valence-corrected chi connectivity index (χ4v) is 2.69. The van der Waals surface area contributed by atoms with E-state index in [1.54, 1.807) is 13.0 Å². The van der Waals surface area contributed by atoms with Gasteiger partial charge in [-0.2, -0.15) is 0 Å². The zero-order valence-electron chi connectivity index (χ0n) is 14.8. The molecule has 0 fully saturated rings. The van der Waals surface area contributed by atoms with Crippen LogP contribution in [0.4, 0.5) is 0 Å². The molecule has 6 heteroatoms. The summed E-state index contributed by atoms with van der Waals surface area (Å²) in [4.78, 5) is 17.1. The van der Waals surface area contributed by atoms with Crippen molar-refractivity contribution in [2.75, 3.05) is 20.8 Å². The highest BCUT2D eigenvalue weighted by atomic mass is 16.5. The van der Waals surface area contributed by atoms with E-state index in [0.29, 0.717) is 40.5 Å². The Balaban J connectivity index is 2.20. The molecule has 0 spiro atoms. The highest BCUT2D eigenvalue weighted by molar-refractivity contribution is 5.81. The van der Waals surface area contributed by atoms with Gasteiger partial charge in [0.25, 0.3) is 0 Å². The van der Waals surface area contributed by atoms with Crippen LogP contribution in [0.15, 0.2) is 27.4 Å². The van der Waals surface area contributed by atoms with E-state index in [1.807, 2.05) is 12.1 Å². The zero-order valence-corrected chi connectivity index (χ0v) is 14.8. The van der Waals surface area contributed by atoms with Crippen molar-refractivity contribution >= 4 is 11.1 Å². The Morgan fingerprint density at radius 3 is 2.60 bits per heavy atom. The molecular weight excluding hydrogens is 322 g/mol. The summed E-state index contributed by atoms with van der Waals surface area (Å²) < 4.78 is 22.2. The molecule has 2 aliphatic rings. The molecule has 3 rings (SSSR count). The fourth-order valence-electron chi connectivity index (χ4n) is 2.69. The van der Waals surface area contributed by atoms with Gasteiger partial charge in [-0.05, 0) is 25.5 Å². The predicted octanol–water partition coefficient (Wildman–Crippen LogP) is 3.80. The van der Waals surface area contributed by atoms with Gasteiger partial charge in [-0.15, -0.1) is 0 Å². The standard InChI is InChI=1S/C19H21NO5/c1-5-6-9-24-12-7-8-13-14(10-12)25-17-11(2)16(21)19(23-4)18(22-3)15(17)20-13/h7-8,10H,5-6,9H2,1-4H3. The molecular formula is C19H21NO5. The van der Waals surface area contributed by atoms with E-state index < -0.39 is 0 Å². The molecule has 132 valence electrons. The summed E-state index contributed by atoms with van der Waals surface area (Å²) in [6, 6.07) is 5.47. The smallest absolute Gasteiger partial charge is 0.231 e. The van der Waals surface area contributed by atoms with Crippen LogP contribution >= 0.6 is 0 Å². The lowest BCUT2D eigenvalue weighted by Gasteiger charge is -2.15. The minimum Gasteiger partial charge on any atom is -0.493 e. The summed E-state index contributed by atoms with van der Waals surface area (Å²) in [6.07, 6.45) is 2.05. The van der Waals surface area contributed by atoms with Gasteiger partial charge in [-0.25, -0.2) is 4.98 Å². The lowest BCUT2D eigenvalue weighted by molar-refractivity contribution is 0.309. The Labute approximate surface area is 145 Å². The number of rotatable bonds is 6. The summed E-state index contributed by atoms with van der Waals surface area (Å²) >= 11 is 0. The van der Waals surface area contributed by atoms with E-state index in [1.165, 1.54) is 14.2 Å². The first kappa shape index (κ1) is 17.1. The second-order valence-electron chi connectivity index (χ2n) is 5.74. The molecule has 0 atom stereocenters. The monoisotopic (exact) mass is 343 g/mol. The normalized spacial score (nSPS) is 11.0. The second kappa shape index (κ2) is 7.01. The van der Waals surface area contributed by atoms with Crippen molar-refractivity contribution in [1.29, 1.82) is 0 Å². The van der Waals surface area contributed by atoms with Crippen LogP contribution in [0.3, 0.4) is 0 Å². The van der Waals surface area contributed by atoms with Gasteiger partial charge in [-0.3, -0.25) is 4.79 Å². The molecule has 1 aliphatic heterocycles. The summed E-state index contributed by atoms with van der Waals surface area (Å²) in [6.45, 7) is 4.45. The van der Waals surface area contributed by atoms with Crippen LogP contribution in [0.2, 0.25) is 0 Å². The van der Waals surface area contributed by atoms with E-state index in [0.717, 1.165) is 12.8 Å². The Kier molecular flexibility index (Phi) is 4.79. The number of ether oxygens (including phenoxy) is 3. The van der Waals surface area contributed by atoms with E-state index >= 15 is 0 Å². The summed E-state index contributed by atoms with van der Waals surface area (Å²) in [5.74, 6) is 1.52. The molecule has 0 saturated carbocycles. The maximum Gasteiger partial charge on any atom is 0.231 e. The minimum atomic E-state index is -0.271. The molecule has 1 aromatic carbocycles. The van der Waals surface area contributed by atoms with Crippen LogP contribution in [0.1, 0.15) is 25.3 Å². The predicted molar refractivity (Wildman–Crippen MR) is 95.1 cm³/mol. The van der Waals surface area contributed by atoms with Crippen molar-refractivity contribution in [3.8, 4) is 28.7 Å². The number of nitrogens with zero attached hydrogens (tertiary/aromatic N) is 1. The first-order chi connectivity index (χ1) is 12.1. The van der Waals surface area contributed by atoms with Crippen molar-refractivity contribution in [2.24, 2.45) is 0 Å². The highest BCUT2D eigenvalue weighted by Crippen LogP contribution is 2.39. The number of aromatic nitrogens is 1. The van der Waals surface area contributed by atoms with Gasteiger partial charge >= 0.3 is 0 Å². The van der Waals surface area contributed by atoms with Crippen LogP contribution in [-0.2, 0) is 0 Å². The molecule has 6 nitrogen and oxygen atoms in total. The zero-order chi connectivity index (χ0) is 18.0. The topological polar surface area (TPSA) is 70.8 Å². The summed E-state index contributed by atoms with van der Waals surface area (Å²) in [5, 5.41) is 0. The minimum absolute atomic E-state index is 0.133. The van der Waals surface area contributed by atoms with Gasteiger partial charge in [-0.1, -0.05) is 13.3 Å². The molecule has 0 aromatic heterocycles. The third-order valence-corrected chi connectivity index (χ3v) is 4.07. The average molecular weight is 343 g/mol. The third-order valence-electron chi connectivity index (χ3n) is 4.07. The van der Waals surface area contributed by atoms with Crippen molar-refractivity contribution in [3.63, 3.8) is 0 Å². The van der Waals surface area contributed by atoms with E-state index in [2.05, 4.69) is 11.9 Å². The first-order valence-electron chi connectivity index (χ1n) is 8.22. The maximum atomic E-state index is 12.5. The molecule has 25 heavy (non-hydrogen) atoms. The van der Waals surface area contributed by atoms with Crippen LogP contribution < -0.4 is 19.6 Å². The largest absolute Gasteiger partial charge is 0.493 e. The summed E-state index contributed by atoms with van der Waals surface area (Å²) in [5.41, 5.74) is 1.82. The van der Waals surface area contributed by atoms with Crippen molar-refractivity contribution in [3.05, 3.63) is 34.0 Å². The molecule has 0 bridgehead atoms.